The van der Waals surface area contributed by atoms with Crippen LogP contribution in [0.4, 0.5) is 4.79 Å². The SMILES string of the molecule is CCN(C(=O)Oc1ccc(CO[N+](=O)[O-])cc1)C1CN(C)S(=O)(=O)c2sc(SN)cc21. The Labute approximate surface area is 187 Å². The Morgan fingerprint density at radius 3 is 2.68 bits per heavy atom. The predicted octanol–water partition coefficient (Wildman–Crippen LogP) is 2.62. The van der Waals surface area contributed by atoms with Crippen molar-refractivity contribution in [1.82, 2.24) is 9.21 Å². The van der Waals surface area contributed by atoms with Gasteiger partial charge in [0, 0.05) is 25.7 Å². The lowest BCUT2D eigenvalue weighted by atomic mass is 10.1. The van der Waals surface area contributed by atoms with E-state index in [9.17, 15) is 23.3 Å². The van der Waals surface area contributed by atoms with Crippen molar-refractivity contribution < 1.29 is 27.9 Å². The monoisotopic (exact) mass is 488 g/mol. The Balaban J connectivity index is 1.81. The Kier molecular flexibility index (Phi) is 7.06. The number of sulfonamides is 1. The molecule has 0 fully saturated rings. The summed E-state index contributed by atoms with van der Waals surface area (Å²) < 4.78 is 32.8. The van der Waals surface area contributed by atoms with E-state index >= 15 is 0 Å². The standard InChI is InChI=1S/C17H20N4O7S3/c1-3-20(17(22)28-12-6-4-11(5-7-12)10-27-21(23)24)14-9-19(2)31(25,26)16-13(14)8-15(29-16)30-18/h4-8,14H,3,9-10,18H2,1-2H3. The molecule has 1 aliphatic heterocycles. The highest BCUT2D eigenvalue weighted by atomic mass is 32.3. The van der Waals surface area contributed by atoms with E-state index in [1.54, 1.807) is 25.1 Å². The molecule has 2 N–H and O–H groups in total. The average Bonchev–Trinajstić information content (AvgIpc) is 3.18. The van der Waals surface area contributed by atoms with Crippen LogP contribution >= 0.6 is 23.3 Å². The molecule has 1 aromatic carbocycles. The van der Waals surface area contributed by atoms with Crippen LogP contribution in [-0.2, 0) is 21.5 Å². The number of thiophene rings is 1. The molecule has 3 rings (SSSR count). The van der Waals surface area contributed by atoms with Gasteiger partial charge in [-0.1, -0.05) is 12.1 Å². The van der Waals surface area contributed by atoms with Crippen molar-refractivity contribution in [3.05, 3.63) is 51.6 Å². The van der Waals surface area contributed by atoms with Gasteiger partial charge in [0.15, 0.2) is 0 Å². The smallest absolute Gasteiger partial charge is 0.410 e. The summed E-state index contributed by atoms with van der Waals surface area (Å²) in [6, 6.07) is 7.25. The Morgan fingerprint density at radius 2 is 2.10 bits per heavy atom. The van der Waals surface area contributed by atoms with Crippen molar-refractivity contribution in [3.8, 4) is 5.75 Å². The summed E-state index contributed by atoms with van der Waals surface area (Å²) in [4.78, 5) is 28.9. The number of carbonyl (C=O) groups excluding carboxylic acids is 1. The lowest BCUT2D eigenvalue weighted by molar-refractivity contribution is -0.763. The third-order valence-corrected chi connectivity index (χ3v) is 8.85. The first-order valence-corrected chi connectivity index (χ1v) is 12.1. The number of ether oxygens (including phenoxy) is 1. The van der Waals surface area contributed by atoms with Gasteiger partial charge >= 0.3 is 6.09 Å². The molecule has 1 aromatic heterocycles. The maximum atomic E-state index is 12.9. The highest BCUT2D eigenvalue weighted by molar-refractivity contribution is 7.99. The highest BCUT2D eigenvalue weighted by Crippen LogP contribution is 2.42. The van der Waals surface area contributed by atoms with E-state index < -0.39 is 27.2 Å². The zero-order valence-electron chi connectivity index (χ0n) is 16.6. The van der Waals surface area contributed by atoms with Crippen molar-refractivity contribution in [1.29, 1.82) is 0 Å². The van der Waals surface area contributed by atoms with Gasteiger partial charge in [-0.3, -0.25) is 10.0 Å². The molecule has 1 amide bonds. The van der Waals surface area contributed by atoms with E-state index in [1.807, 2.05) is 0 Å². The summed E-state index contributed by atoms with van der Waals surface area (Å²) in [5, 5.41) is 15.0. The van der Waals surface area contributed by atoms with Gasteiger partial charge in [0.1, 0.15) is 16.6 Å². The molecule has 31 heavy (non-hydrogen) atoms. The molecular formula is C17H20N4O7S3. The molecular weight excluding hydrogens is 468 g/mol. The number of hydrogen-bond acceptors (Lipinski definition) is 10. The highest BCUT2D eigenvalue weighted by Gasteiger charge is 2.41. The topological polar surface area (TPSA) is 145 Å². The number of nitrogens with two attached hydrogens (primary N) is 1. The zero-order chi connectivity index (χ0) is 22.8. The number of hydrogen-bond donors (Lipinski definition) is 1. The molecule has 2 heterocycles. The van der Waals surface area contributed by atoms with Gasteiger partial charge < -0.3 is 9.57 Å². The van der Waals surface area contributed by atoms with Gasteiger partial charge in [-0.05, 0) is 42.6 Å². The maximum Gasteiger partial charge on any atom is 0.415 e. The fraction of sp³-hybridized carbons (Fsp3) is 0.353. The minimum atomic E-state index is -3.64. The molecule has 0 bridgehead atoms. The normalized spacial score (nSPS) is 17.6. The van der Waals surface area contributed by atoms with E-state index in [4.69, 9.17) is 9.88 Å². The van der Waals surface area contributed by atoms with E-state index in [0.29, 0.717) is 15.3 Å². The van der Waals surface area contributed by atoms with Crippen molar-refractivity contribution in [2.45, 2.75) is 28.0 Å². The first kappa shape index (κ1) is 23.3. The average molecular weight is 489 g/mol. The molecule has 1 unspecified atom stereocenters. The molecule has 0 saturated carbocycles. The second kappa shape index (κ2) is 9.40. The van der Waals surface area contributed by atoms with Crippen molar-refractivity contribution >= 4 is 39.4 Å². The molecule has 0 aliphatic carbocycles. The van der Waals surface area contributed by atoms with Crippen LogP contribution in [0.3, 0.4) is 0 Å². The second-order valence-electron chi connectivity index (χ2n) is 6.52. The lowest BCUT2D eigenvalue weighted by Crippen LogP contribution is -2.46. The minimum absolute atomic E-state index is 0.0842. The van der Waals surface area contributed by atoms with E-state index in [2.05, 4.69) is 4.84 Å². The number of nitrogens with zero attached hydrogens (tertiary/aromatic N) is 3. The number of benzene rings is 1. The van der Waals surface area contributed by atoms with Crippen LogP contribution in [0.25, 0.3) is 0 Å². The van der Waals surface area contributed by atoms with E-state index in [-0.39, 0.29) is 29.7 Å². The molecule has 0 saturated heterocycles. The molecule has 1 atom stereocenters. The van der Waals surface area contributed by atoms with Crippen molar-refractivity contribution in [2.24, 2.45) is 5.14 Å². The van der Waals surface area contributed by atoms with E-state index in [1.165, 1.54) is 28.4 Å². The number of amides is 1. The predicted molar refractivity (Wildman–Crippen MR) is 114 cm³/mol. The van der Waals surface area contributed by atoms with Crippen LogP contribution in [-0.4, -0.2) is 48.9 Å². The summed E-state index contributed by atoms with van der Waals surface area (Å²) in [7, 11) is -2.18. The van der Waals surface area contributed by atoms with E-state index in [0.717, 1.165) is 23.3 Å². The van der Waals surface area contributed by atoms with Crippen LogP contribution in [0.2, 0.25) is 0 Å². The van der Waals surface area contributed by atoms with Crippen LogP contribution in [0, 0.1) is 10.1 Å². The summed E-state index contributed by atoms with van der Waals surface area (Å²) >= 11 is 2.02. The van der Waals surface area contributed by atoms with Crippen molar-refractivity contribution in [3.63, 3.8) is 0 Å². The van der Waals surface area contributed by atoms with Gasteiger partial charge in [0.2, 0.25) is 0 Å². The van der Waals surface area contributed by atoms with Crippen LogP contribution in [0.15, 0.2) is 38.8 Å². The molecule has 2 aromatic rings. The van der Waals surface area contributed by atoms with Gasteiger partial charge in [0.25, 0.3) is 15.1 Å². The number of rotatable bonds is 7. The zero-order valence-corrected chi connectivity index (χ0v) is 19.0. The molecule has 11 nitrogen and oxygen atoms in total. The van der Waals surface area contributed by atoms with Gasteiger partial charge in [-0.25, -0.2) is 13.2 Å². The summed E-state index contributed by atoms with van der Waals surface area (Å²) in [6.45, 7) is 1.92. The van der Waals surface area contributed by atoms with Gasteiger partial charge in [0.05, 0.1) is 10.3 Å². The molecule has 168 valence electrons. The molecule has 0 radical (unpaired) electrons. The Hall–Kier alpha value is -2.39. The molecule has 14 heteroatoms. The van der Waals surface area contributed by atoms with Gasteiger partial charge in [-0.2, -0.15) is 4.31 Å². The first-order chi connectivity index (χ1) is 14.7. The van der Waals surface area contributed by atoms with Crippen LogP contribution < -0.4 is 9.88 Å². The second-order valence-corrected chi connectivity index (χ2v) is 10.7. The third-order valence-electron chi connectivity index (χ3n) is 4.67. The lowest BCUT2D eigenvalue weighted by Gasteiger charge is -2.36. The fourth-order valence-corrected chi connectivity index (χ4v) is 6.79. The largest absolute Gasteiger partial charge is 0.415 e. The maximum absolute atomic E-state index is 12.9. The molecule has 0 spiro atoms. The summed E-state index contributed by atoms with van der Waals surface area (Å²) in [5.74, 6) is 0.244. The fourth-order valence-electron chi connectivity index (χ4n) is 3.12. The minimum Gasteiger partial charge on any atom is -0.410 e. The third kappa shape index (κ3) is 4.93. The van der Waals surface area contributed by atoms with Crippen molar-refractivity contribution in [2.75, 3.05) is 20.1 Å². The number of carbonyl (C=O) groups is 1. The Morgan fingerprint density at radius 1 is 1.42 bits per heavy atom. The number of likely N-dealkylation sites (N-methyl/N-ethyl adjacent to an activating group) is 2. The summed E-state index contributed by atoms with van der Waals surface area (Å²) in [6.07, 6.45) is -0.645. The number of fused-ring (bicyclic) bond motifs is 1. The quantitative estimate of drug-likeness (QED) is 0.353. The van der Waals surface area contributed by atoms with Gasteiger partial charge in [-0.15, -0.1) is 21.5 Å². The Bertz CT molecular complexity index is 1070. The first-order valence-electron chi connectivity index (χ1n) is 8.98. The van der Waals surface area contributed by atoms with Crippen LogP contribution in [0.5, 0.6) is 5.75 Å². The molecule has 1 aliphatic rings. The van der Waals surface area contributed by atoms with Crippen LogP contribution in [0.1, 0.15) is 24.1 Å². The summed E-state index contributed by atoms with van der Waals surface area (Å²) in [5.41, 5.74) is 1.06.